The molecule has 1 aliphatic heterocycles. The molecule has 0 radical (unpaired) electrons. The lowest BCUT2D eigenvalue weighted by Gasteiger charge is -2.31. The van der Waals surface area contributed by atoms with Crippen LogP contribution in [0, 0.1) is 19.8 Å². The van der Waals surface area contributed by atoms with Crippen molar-refractivity contribution in [2.45, 2.75) is 31.6 Å². The van der Waals surface area contributed by atoms with E-state index in [9.17, 15) is 8.42 Å². The largest absolute Gasteiger partial charge is 0.463 e. The Hall–Kier alpha value is -1.99. The number of aryl methyl sites for hydroxylation is 2. The molecule has 1 aromatic heterocycles. The van der Waals surface area contributed by atoms with Gasteiger partial charge in [0.15, 0.2) is 0 Å². The Morgan fingerprint density at radius 3 is 2.68 bits per heavy atom. The first-order chi connectivity index (χ1) is 11.9. The summed E-state index contributed by atoms with van der Waals surface area (Å²) < 4.78 is 32.9. The summed E-state index contributed by atoms with van der Waals surface area (Å²) in [6.07, 6.45) is 5.18. The summed E-state index contributed by atoms with van der Waals surface area (Å²) in [5, 5.41) is 0. The van der Waals surface area contributed by atoms with E-state index < -0.39 is 10.0 Å². The van der Waals surface area contributed by atoms with Crippen LogP contribution in [0.4, 0.5) is 0 Å². The summed E-state index contributed by atoms with van der Waals surface area (Å²) in [6.45, 7) is 5.24. The van der Waals surface area contributed by atoms with E-state index in [2.05, 4.69) is 9.97 Å². The second-order valence-corrected chi connectivity index (χ2v) is 8.48. The van der Waals surface area contributed by atoms with Crippen LogP contribution >= 0.6 is 0 Å². The highest BCUT2D eigenvalue weighted by Gasteiger charge is 2.30. The third-order valence-electron chi connectivity index (χ3n) is 4.31. The molecule has 0 aliphatic carbocycles. The molecule has 134 valence electrons. The minimum absolute atomic E-state index is 0.137. The number of hydrogen-bond acceptors (Lipinski definition) is 5. The fourth-order valence-corrected chi connectivity index (χ4v) is 4.61. The minimum atomic E-state index is -3.46. The summed E-state index contributed by atoms with van der Waals surface area (Å²) in [4.78, 5) is 8.60. The van der Waals surface area contributed by atoms with E-state index in [1.54, 1.807) is 34.9 Å². The average Bonchev–Trinajstić information content (AvgIpc) is 2.61. The molecule has 0 bridgehead atoms. The Bertz CT molecular complexity index is 822. The van der Waals surface area contributed by atoms with Gasteiger partial charge >= 0.3 is 6.01 Å². The monoisotopic (exact) mass is 361 g/mol. The van der Waals surface area contributed by atoms with Crippen molar-refractivity contribution in [2.24, 2.45) is 5.92 Å². The molecule has 1 saturated heterocycles. The van der Waals surface area contributed by atoms with Gasteiger partial charge in [-0.15, -0.1) is 0 Å². The van der Waals surface area contributed by atoms with E-state index in [1.807, 2.05) is 19.9 Å². The number of piperidine rings is 1. The van der Waals surface area contributed by atoms with Gasteiger partial charge in [-0.05, 0) is 49.9 Å². The second kappa shape index (κ2) is 7.49. The summed E-state index contributed by atoms with van der Waals surface area (Å²) in [5.74, 6) is 0.137. The van der Waals surface area contributed by atoms with Crippen LogP contribution in [0.5, 0.6) is 6.01 Å². The molecule has 1 unspecified atom stereocenters. The Labute approximate surface area is 148 Å². The molecule has 1 atom stereocenters. The quantitative estimate of drug-likeness (QED) is 0.818. The van der Waals surface area contributed by atoms with Crippen molar-refractivity contribution < 1.29 is 13.2 Å². The zero-order valence-corrected chi connectivity index (χ0v) is 15.4. The Morgan fingerprint density at radius 2 is 1.96 bits per heavy atom. The van der Waals surface area contributed by atoms with E-state index in [-0.39, 0.29) is 5.92 Å². The standard InChI is InChI=1S/C18H23N3O3S/c1-14-5-3-7-17(9-14)25(22,23)21-8-4-6-16(12-21)13-24-18-19-10-15(2)11-20-18/h3,5,7,9-11,16H,4,6,8,12-13H2,1-2H3. The topological polar surface area (TPSA) is 72.4 Å². The fraction of sp³-hybridized carbons (Fsp3) is 0.444. The lowest BCUT2D eigenvalue weighted by Crippen LogP contribution is -2.41. The van der Waals surface area contributed by atoms with Gasteiger partial charge in [0.25, 0.3) is 0 Å². The van der Waals surface area contributed by atoms with Gasteiger partial charge in [0.1, 0.15) is 0 Å². The normalized spacial score (nSPS) is 18.9. The molecular weight excluding hydrogens is 338 g/mol. The van der Waals surface area contributed by atoms with Gasteiger partial charge in [-0.2, -0.15) is 4.31 Å². The summed E-state index contributed by atoms with van der Waals surface area (Å²) in [6, 6.07) is 7.39. The number of ether oxygens (including phenoxy) is 1. The maximum atomic E-state index is 12.9. The summed E-state index contributed by atoms with van der Waals surface area (Å²) >= 11 is 0. The molecule has 0 saturated carbocycles. The molecular formula is C18H23N3O3S. The van der Waals surface area contributed by atoms with Crippen LogP contribution in [0.1, 0.15) is 24.0 Å². The van der Waals surface area contributed by atoms with Crippen LogP contribution in [0.25, 0.3) is 0 Å². The first kappa shape index (κ1) is 17.8. The summed E-state index contributed by atoms with van der Waals surface area (Å²) in [7, 11) is -3.46. The van der Waals surface area contributed by atoms with Gasteiger partial charge < -0.3 is 4.74 Å². The average molecular weight is 361 g/mol. The lowest BCUT2D eigenvalue weighted by molar-refractivity contribution is 0.171. The van der Waals surface area contributed by atoms with Gasteiger partial charge in [0.05, 0.1) is 11.5 Å². The number of hydrogen-bond donors (Lipinski definition) is 0. The number of sulfonamides is 1. The van der Waals surface area contributed by atoms with E-state index in [0.29, 0.717) is 30.6 Å². The van der Waals surface area contributed by atoms with E-state index >= 15 is 0 Å². The molecule has 6 nitrogen and oxygen atoms in total. The predicted molar refractivity (Wildman–Crippen MR) is 94.9 cm³/mol. The second-order valence-electron chi connectivity index (χ2n) is 6.54. The van der Waals surface area contributed by atoms with Crippen molar-refractivity contribution in [1.29, 1.82) is 0 Å². The molecule has 25 heavy (non-hydrogen) atoms. The zero-order valence-electron chi connectivity index (χ0n) is 14.6. The molecule has 1 fully saturated rings. The Balaban J connectivity index is 1.65. The SMILES string of the molecule is Cc1cnc(OCC2CCCN(S(=O)(=O)c3cccc(C)c3)C2)nc1. The number of nitrogens with zero attached hydrogens (tertiary/aromatic N) is 3. The molecule has 0 amide bonds. The van der Waals surface area contributed by atoms with Gasteiger partial charge in [-0.3, -0.25) is 0 Å². The van der Waals surface area contributed by atoms with Crippen LogP contribution in [0.15, 0.2) is 41.6 Å². The maximum absolute atomic E-state index is 12.9. The third-order valence-corrected chi connectivity index (χ3v) is 6.18. The van der Waals surface area contributed by atoms with Crippen molar-refractivity contribution >= 4 is 10.0 Å². The highest BCUT2D eigenvalue weighted by Crippen LogP contribution is 2.24. The molecule has 0 N–H and O–H groups in total. The summed E-state index contributed by atoms with van der Waals surface area (Å²) in [5.41, 5.74) is 1.91. The number of rotatable bonds is 5. The van der Waals surface area contributed by atoms with Gasteiger partial charge in [0, 0.05) is 31.4 Å². The smallest absolute Gasteiger partial charge is 0.316 e. The highest BCUT2D eigenvalue weighted by molar-refractivity contribution is 7.89. The van der Waals surface area contributed by atoms with E-state index in [4.69, 9.17) is 4.74 Å². The van der Waals surface area contributed by atoms with Crippen molar-refractivity contribution in [3.05, 3.63) is 47.8 Å². The lowest BCUT2D eigenvalue weighted by atomic mass is 10.0. The van der Waals surface area contributed by atoms with E-state index in [0.717, 1.165) is 24.0 Å². The first-order valence-electron chi connectivity index (χ1n) is 8.43. The van der Waals surface area contributed by atoms with Gasteiger partial charge in [-0.1, -0.05) is 12.1 Å². The van der Waals surface area contributed by atoms with Crippen LogP contribution in [0.3, 0.4) is 0 Å². The maximum Gasteiger partial charge on any atom is 0.316 e. The molecule has 1 aromatic carbocycles. The molecule has 2 heterocycles. The van der Waals surface area contributed by atoms with Crippen LogP contribution < -0.4 is 4.74 Å². The zero-order chi connectivity index (χ0) is 17.9. The van der Waals surface area contributed by atoms with Crippen molar-refractivity contribution in [1.82, 2.24) is 14.3 Å². The van der Waals surface area contributed by atoms with Gasteiger partial charge in [-0.25, -0.2) is 18.4 Å². The fourth-order valence-electron chi connectivity index (χ4n) is 2.95. The predicted octanol–water partition coefficient (Wildman–Crippen LogP) is 2.57. The molecule has 2 aromatic rings. The Morgan fingerprint density at radius 1 is 1.20 bits per heavy atom. The van der Waals surface area contributed by atoms with Crippen LogP contribution in [0.2, 0.25) is 0 Å². The van der Waals surface area contributed by atoms with Crippen molar-refractivity contribution in [3.63, 3.8) is 0 Å². The van der Waals surface area contributed by atoms with Gasteiger partial charge in [0.2, 0.25) is 10.0 Å². The van der Waals surface area contributed by atoms with Crippen LogP contribution in [-0.4, -0.2) is 42.4 Å². The number of aromatic nitrogens is 2. The van der Waals surface area contributed by atoms with Crippen molar-refractivity contribution in [3.8, 4) is 6.01 Å². The van der Waals surface area contributed by atoms with Crippen LogP contribution in [-0.2, 0) is 10.0 Å². The molecule has 3 rings (SSSR count). The molecule has 7 heteroatoms. The molecule has 1 aliphatic rings. The minimum Gasteiger partial charge on any atom is -0.463 e. The Kier molecular flexibility index (Phi) is 5.34. The third kappa shape index (κ3) is 4.35. The highest BCUT2D eigenvalue weighted by atomic mass is 32.2. The van der Waals surface area contributed by atoms with E-state index in [1.165, 1.54) is 0 Å². The first-order valence-corrected chi connectivity index (χ1v) is 9.87. The van der Waals surface area contributed by atoms with Crippen molar-refractivity contribution in [2.75, 3.05) is 19.7 Å². The number of benzene rings is 1. The molecule has 0 spiro atoms.